The van der Waals surface area contributed by atoms with Crippen molar-refractivity contribution in [1.82, 2.24) is 4.90 Å². The largest absolute Gasteiger partial charge is 0.310 e. The van der Waals surface area contributed by atoms with Gasteiger partial charge in [0.1, 0.15) is 0 Å². The second-order valence-electron chi connectivity index (χ2n) is 4.56. The van der Waals surface area contributed by atoms with E-state index in [1.807, 2.05) is 6.07 Å². The maximum atomic E-state index is 6.44. The van der Waals surface area contributed by atoms with Crippen molar-refractivity contribution in [3.63, 3.8) is 0 Å². The predicted octanol–water partition coefficient (Wildman–Crippen LogP) is 2.30. The number of likely N-dealkylation sites (tertiary alicyclic amines) is 1. The number of hydrogen-bond donors (Lipinski definition) is 1. The van der Waals surface area contributed by atoms with Gasteiger partial charge in [0.2, 0.25) is 0 Å². The Labute approximate surface area is 92.1 Å². The van der Waals surface area contributed by atoms with E-state index in [1.54, 1.807) is 0 Å². The lowest BCUT2D eigenvalue weighted by Crippen LogP contribution is -2.52. The number of nitrogens with two attached hydrogens (primary N) is 1. The minimum absolute atomic E-state index is 0.304. The summed E-state index contributed by atoms with van der Waals surface area (Å²) in [6.07, 6.45) is 3.90. The van der Waals surface area contributed by atoms with Gasteiger partial charge in [0.15, 0.2) is 0 Å². The Bertz CT molecular complexity index is 300. The Balaban J connectivity index is 2.18. The second-order valence-corrected chi connectivity index (χ2v) is 4.56. The maximum absolute atomic E-state index is 6.44. The van der Waals surface area contributed by atoms with Gasteiger partial charge in [-0.15, -0.1) is 0 Å². The van der Waals surface area contributed by atoms with Crippen LogP contribution in [0.2, 0.25) is 0 Å². The van der Waals surface area contributed by atoms with Crippen LogP contribution in [-0.2, 0) is 5.66 Å². The molecule has 1 heterocycles. The molecule has 0 radical (unpaired) electrons. The zero-order chi connectivity index (χ0) is 10.7. The fraction of sp³-hybridized carbons (Fsp3) is 0.538. The van der Waals surface area contributed by atoms with E-state index >= 15 is 0 Å². The normalized spacial score (nSPS) is 22.3. The van der Waals surface area contributed by atoms with Gasteiger partial charge in [0.05, 0.1) is 5.66 Å². The Morgan fingerprint density at radius 2 is 1.67 bits per heavy atom. The molecule has 0 bridgehead atoms. The van der Waals surface area contributed by atoms with Crippen LogP contribution in [0.1, 0.15) is 31.7 Å². The molecule has 1 aliphatic heterocycles. The third-order valence-corrected chi connectivity index (χ3v) is 3.37. The molecule has 0 aliphatic carbocycles. The number of rotatable bonds is 2. The van der Waals surface area contributed by atoms with Crippen LogP contribution < -0.4 is 5.73 Å². The van der Waals surface area contributed by atoms with E-state index in [4.69, 9.17) is 5.73 Å². The highest BCUT2D eigenvalue weighted by atomic mass is 15.3. The summed E-state index contributed by atoms with van der Waals surface area (Å²) in [4.78, 5) is 2.39. The predicted molar refractivity (Wildman–Crippen MR) is 63.4 cm³/mol. The van der Waals surface area contributed by atoms with Crippen molar-refractivity contribution in [2.45, 2.75) is 31.8 Å². The Hall–Kier alpha value is -0.860. The third kappa shape index (κ3) is 2.21. The second kappa shape index (κ2) is 4.33. The number of nitrogens with zero attached hydrogens (tertiary/aromatic N) is 1. The molecule has 0 unspecified atom stereocenters. The Morgan fingerprint density at radius 3 is 2.27 bits per heavy atom. The quantitative estimate of drug-likeness (QED) is 0.801. The van der Waals surface area contributed by atoms with E-state index in [1.165, 1.54) is 24.8 Å². The average molecular weight is 204 g/mol. The summed E-state index contributed by atoms with van der Waals surface area (Å²) in [5.74, 6) is 0. The number of benzene rings is 1. The first-order valence-corrected chi connectivity index (χ1v) is 5.81. The lowest BCUT2D eigenvalue weighted by Gasteiger charge is -2.41. The molecule has 1 saturated heterocycles. The fourth-order valence-corrected chi connectivity index (χ4v) is 2.32. The molecule has 1 aromatic rings. The molecule has 2 N–H and O–H groups in total. The van der Waals surface area contributed by atoms with Gasteiger partial charge in [-0.2, -0.15) is 0 Å². The third-order valence-electron chi connectivity index (χ3n) is 3.37. The van der Waals surface area contributed by atoms with Crippen LogP contribution in [0.5, 0.6) is 0 Å². The van der Waals surface area contributed by atoms with Crippen molar-refractivity contribution in [3.05, 3.63) is 35.9 Å². The molecule has 0 saturated carbocycles. The summed E-state index contributed by atoms with van der Waals surface area (Å²) >= 11 is 0. The molecule has 0 aromatic heterocycles. The molecule has 2 nitrogen and oxygen atoms in total. The smallest absolute Gasteiger partial charge is 0.0920 e. The number of piperidine rings is 1. The van der Waals surface area contributed by atoms with Crippen LogP contribution in [0.25, 0.3) is 0 Å². The molecule has 1 fully saturated rings. The van der Waals surface area contributed by atoms with Gasteiger partial charge in [-0.05, 0) is 25.3 Å². The summed E-state index contributed by atoms with van der Waals surface area (Å²) in [5.41, 5.74) is 7.35. The van der Waals surface area contributed by atoms with E-state index in [2.05, 4.69) is 36.1 Å². The summed E-state index contributed by atoms with van der Waals surface area (Å²) in [6, 6.07) is 10.4. The SMILES string of the molecule is C[C@@](N)(c1ccccc1)N1CCCCC1. The van der Waals surface area contributed by atoms with Gasteiger partial charge in [0, 0.05) is 13.1 Å². The zero-order valence-electron chi connectivity index (χ0n) is 9.45. The van der Waals surface area contributed by atoms with Crippen molar-refractivity contribution in [1.29, 1.82) is 0 Å². The molecule has 1 atom stereocenters. The molecule has 2 heteroatoms. The summed E-state index contributed by atoms with van der Waals surface area (Å²) in [5, 5.41) is 0. The zero-order valence-corrected chi connectivity index (χ0v) is 9.45. The monoisotopic (exact) mass is 204 g/mol. The van der Waals surface area contributed by atoms with Crippen LogP contribution >= 0.6 is 0 Å². The average Bonchev–Trinajstić information content (AvgIpc) is 2.31. The van der Waals surface area contributed by atoms with Crippen molar-refractivity contribution >= 4 is 0 Å². The van der Waals surface area contributed by atoms with Gasteiger partial charge in [-0.3, -0.25) is 4.90 Å². The van der Waals surface area contributed by atoms with Crippen LogP contribution in [0, 0.1) is 0 Å². The number of hydrogen-bond acceptors (Lipinski definition) is 2. The van der Waals surface area contributed by atoms with Gasteiger partial charge in [0.25, 0.3) is 0 Å². The lowest BCUT2D eigenvalue weighted by molar-refractivity contribution is 0.0840. The van der Waals surface area contributed by atoms with Crippen molar-refractivity contribution in [3.8, 4) is 0 Å². The summed E-state index contributed by atoms with van der Waals surface area (Å²) in [6.45, 7) is 4.37. The van der Waals surface area contributed by atoms with E-state index in [9.17, 15) is 0 Å². The van der Waals surface area contributed by atoms with Crippen LogP contribution in [0.3, 0.4) is 0 Å². The van der Waals surface area contributed by atoms with Gasteiger partial charge in [-0.1, -0.05) is 36.8 Å². The first-order chi connectivity index (χ1) is 7.21. The standard InChI is InChI=1S/C13H20N2/c1-13(14,12-8-4-2-5-9-12)15-10-6-3-7-11-15/h2,4-5,8-9H,3,6-7,10-11,14H2,1H3/t13-/m0/s1. The Morgan fingerprint density at radius 1 is 1.07 bits per heavy atom. The molecule has 1 aliphatic rings. The highest BCUT2D eigenvalue weighted by Gasteiger charge is 2.29. The highest BCUT2D eigenvalue weighted by Crippen LogP contribution is 2.25. The van der Waals surface area contributed by atoms with Crippen LogP contribution in [0.4, 0.5) is 0 Å². The molecule has 15 heavy (non-hydrogen) atoms. The van der Waals surface area contributed by atoms with Crippen LogP contribution in [-0.4, -0.2) is 18.0 Å². The highest BCUT2D eigenvalue weighted by molar-refractivity contribution is 5.22. The van der Waals surface area contributed by atoms with Gasteiger partial charge < -0.3 is 5.73 Å². The molecular weight excluding hydrogens is 184 g/mol. The van der Waals surface area contributed by atoms with E-state index in [-0.39, 0.29) is 5.66 Å². The van der Waals surface area contributed by atoms with E-state index in [0.717, 1.165) is 13.1 Å². The maximum Gasteiger partial charge on any atom is 0.0920 e. The minimum atomic E-state index is -0.304. The van der Waals surface area contributed by atoms with Crippen molar-refractivity contribution in [2.24, 2.45) is 5.73 Å². The first kappa shape index (κ1) is 10.7. The molecule has 82 valence electrons. The summed E-state index contributed by atoms with van der Waals surface area (Å²) in [7, 11) is 0. The van der Waals surface area contributed by atoms with Crippen LogP contribution in [0.15, 0.2) is 30.3 Å². The van der Waals surface area contributed by atoms with Crippen molar-refractivity contribution in [2.75, 3.05) is 13.1 Å². The fourth-order valence-electron chi connectivity index (χ4n) is 2.32. The minimum Gasteiger partial charge on any atom is -0.310 e. The van der Waals surface area contributed by atoms with Crippen molar-refractivity contribution < 1.29 is 0 Å². The molecule has 0 amide bonds. The molecule has 0 spiro atoms. The van der Waals surface area contributed by atoms with Gasteiger partial charge >= 0.3 is 0 Å². The van der Waals surface area contributed by atoms with Gasteiger partial charge in [-0.25, -0.2) is 0 Å². The summed E-state index contributed by atoms with van der Waals surface area (Å²) < 4.78 is 0. The topological polar surface area (TPSA) is 29.3 Å². The lowest BCUT2D eigenvalue weighted by atomic mass is 9.97. The molecule has 1 aromatic carbocycles. The first-order valence-electron chi connectivity index (χ1n) is 5.81. The van der Waals surface area contributed by atoms with E-state index in [0.29, 0.717) is 0 Å². The molecular formula is C13H20N2. The molecule has 2 rings (SSSR count). The Kier molecular flexibility index (Phi) is 3.08. The van der Waals surface area contributed by atoms with E-state index < -0.39 is 0 Å².